The third-order valence-electron chi connectivity index (χ3n) is 3.84. The van der Waals surface area contributed by atoms with Gasteiger partial charge in [-0.05, 0) is 31.7 Å². The number of nitrogens with zero attached hydrogens (tertiary/aromatic N) is 3. The normalized spacial score (nSPS) is 34.6. The van der Waals surface area contributed by atoms with E-state index in [1.807, 2.05) is 0 Å². The minimum Gasteiger partial charge on any atom is -0.302 e. The molecule has 3 nitrogen and oxygen atoms in total. The molecule has 4 heteroatoms. The number of aromatic nitrogens is 2. The smallest absolute Gasteiger partial charge is 0.0821 e. The van der Waals surface area contributed by atoms with E-state index in [4.69, 9.17) is 0 Å². The maximum Gasteiger partial charge on any atom is 0.0821 e. The minimum absolute atomic E-state index is 0.682. The summed E-state index contributed by atoms with van der Waals surface area (Å²) in [5.41, 5.74) is 2.57. The Morgan fingerprint density at radius 2 is 2.33 bits per heavy atom. The number of rotatable bonds is 2. The second kappa shape index (κ2) is 3.83. The second-order valence-electron chi connectivity index (χ2n) is 4.72. The van der Waals surface area contributed by atoms with Crippen molar-refractivity contribution in [1.29, 1.82) is 0 Å². The molecule has 0 amide bonds. The molecule has 0 spiro atoms. The van der Waals surface area contributed by atoms with Crippen molar-refractivity contribution in [2.75, 3.05) is 19.6 Å². The fraction of sp³-hybridized carbons (Fsp3) is 0.818. The SMILES string of the molecule is CCc1nsnc1C1CN2CCCC1C2. The van der Waals surface area contributed by atoms with Gasteiger partial charge in [0, 0.05) is 19.0 Å². The molecule has 0 aromatic carbocycles. The lowest BCUT2D eigenvalue weighted by Crippen LogP contribution is -2.25. The van der Waals surface area contributed by atoms with Crippen LogP contribution in [0.4, 0.5) is 0 Å². The maximum atomic E-state index is 4.53. The third-order valence-corrected chi connectivity index (χ3v) is 4.42. The highest BCUT2D eigenvalue weighted by Gasteiger charge is 2.38. The summed E-state index contributed by atoms with van der Waals surface area (Å²) in [5, 5.41) is 0. The van der Waals surface area contributed by atoms with Gasteiger partial charge in [-0.1, -0.05) is 6.92 Å². The van der Waals surface area contributed by atoms with Crippen molar-refractivity contribution in [2.45, 2.75) is 32.1 Å². The third kappa shape index (κ3) is 1.60. The lowest BCUT2D eigenvalue weighted by atomic mass is 9.88. The Bertz CT molecular complexity index is 349. The van der Waals surface area contributed by atoms with Crippen molar-refractivity contribution in [3.63, 3.8) is 0 Å². The summed E-state index contributed by atoms with van der Waals surface area (Å²) in [5.74, 6) is 1.54. The fourth-order valence-corrected chi connectivity index (χ4v) is 3.75. The first-order valence-electron chi connectivity index (χ1n) is 5.92. The summed E-state index contributed by atoms with van der Waals surface area (Å²) in [4.78, 5) is 2.59. The van der Waals surface area contributed by atoms with E-state index in [9.17, 15) is 0 Å². The van der Waals surface area contributed by atoms with Crippen molar-refractivity contribution in [3.05, 3.63) is 11.4 Å². The molecule has 3 atom stereocenters. The van der Waals surface area contributed by atoms with E-state index < -0.39 is 0 Å². The predicted molar refractivity (Wildman–Crippen MR) is 61.2 cm³/mol. The van der Waals surface area contributed by atoms with Gasteiger partial charge in [0.05, 0.1) is 23.1 Å². The standard InChI is InChI=1S/C11H17N3S/c1-2-10-11(13-15-12-10)9-7-14-5-3-4-8(9)6-14/h8-9H,2-7H2,1H3. The molecule has 2 aliphatic heterocycles. The lowest BCUT2D eigenvalue weighted by Gasteiger charge is -2.21. The van der Waals surface area contributed by atoms with Gasteiger partial charge < -0.3 is 4.90 Å². The van der Waals surface area contributed by atoms with E-state index in [0.29, 0.717) is 5.92 Å². The van der Waals surface area contributed by atoms with Gasteiger partial charge in [0.2, 0.25) is 0 Å². The number of piperidine rings is 1. The maximum absolute atomic E-state index is 4.53. The molecule has 1 aromatic heterocycles. The highest BCUT2D eigenvalue weighted by molar-refractivity contribution is 6.99. The van der Waals surface area contributed by atoms with Crippen LogP contribution in [-0.4, -0.2) is 33.3 Å². The zero-order chi connectivity index (χ0) is 10.3. The van der Waals surface area contributed by atoms with Gasteiger partial charge in [0.15, 0.2) is 0 Å². The summed E-state index contributed by atoms with van der Waals surface area (Å²) in [6.07, 6.45) is 3.80. The number of hydrogen-bond donors (Lipinski definition) is 0. The van der Waals surface area contributed by atoms with Crippen molar-refractivity contribution in [2.24, 2.45) is 5.92 Å². The largest absolute Gasteiger partial charge is 0.302 e. The molecule has 0 aliphatic carbocycles. The summed E-state index contributed by atoms with van der Waals surface area (Å²) in [6.45, 7) is 6.00. The van der Waals surface area contributed by atoms with E-state index in [1.165, 1.54) is 55.6 Å². The van der Waals surface area contributed by atoms with Gasteiger partial charge in [-0.2, -0.15) is 8.75 Å². The Labute approximate surface area is 94.8 Å². The van der Waals surface area contributed by atoms with Crippen LogP contribution in [0.5, 0.6) is 0 Å². The second-order valence-corrected chi connectivity index (χ2v) is 5.25. The molecule has 0 N–H and O–H groups in total. The zero-order valence-electron chi connectivity index (χ0n) is 9.15. The zero-order valence-corrected chi connectivity index (χ0v) is 9.96. The van der Waals surface area contributed by atoms with Crippen LogP contribution in [0.15, 0.2) is 0 Å². The van der Waals surface area contributed by atoms with Gasteiger partial charge in [0.25, 0.3) is 0 Å². The Balaban J connectivity index is 1.88. The molecule has 3 unspecified atom stereocenters. The van der Waals surface area contributed by atoms with Crippen molar-refractivity contribution >= 4 is 11.7 Å². The van der Waals surface area contributed by atoms with Crippen LogP contribution in [0.25, 0.3) is 0 Å². The van der Waals surface area contributed by atoms with Gasteiger partial charge in [-0.3, -0.25) is 0 Å². The fourth-order valence-electron chi connectivity index (χ4n) is 3.06. The molecule has 2 aliphatic rings. The molecule has 3 rings (SSSR count). The molecule has 15 heavy (non-hydrogen) atoms. The Kier molecular flexibility index (Phi) is 2.48. The average molecular weight is 223 g/mol. The molecule has 82 valence electrons. The average Bonchev–Trinajstić information content (AvgIpc) is 2.83. The number of hydrogen-bond acceptors (Lipinski definition) is 4. The van der Waals surface area contributed by atoms with E-state index in [1.54, 1.807) is 0 Å². The first-order valence-corrected chi connectivity index (χ1v) is 6.65. The number of aryl methyl sites for hydroxylation is 1. The predicted octanol–water partition coefficient (Wildman–Crippen LogP) is 1.91. The molecule has 2 fully saturated rings. The highest BCUT2D eigenvalue weighted by Crippen LogP contribution is 2.39. The van der Waals surface area contributed by atoms with Gasteiger partial charge in [0.1, 0.15) is 0 Å². The summed E-state index contributed by atoms with van der Waals surface area (Å²) in [6, 6.07) is 0. The van der Waals surface area contributed by atoms with Crippen LogP contribution in [0, 0.1) is 5.92 Å². The molecule has 2 saturated heterocycles. The van der Waals surface area contributed by atoms with Crippen LogP contribution in [0.3, 0.4) is 0 Å². The van der Waals surface area contributed by atoms with Crippen molar-refractivity contribution < 1.29 is 0 Å². The van der Waals surface area contributed by atoms with Gasteiger partial charge in [-0.15, -0.1) is 0 Å². The van der Waals surface area contributed by atoms with Crippen LogP contribution in [0.1, 0.15) is 37.1 Å². The van der Waals surface area contributed by atoms with E-state index >= 15 is 0 Å². The van der Waals surface area contributed by atoms with Crippen LogP contribution < -0.4 is 0 Å². The molecule has 1 aromatic rings. The summed E-state index contributed by atoms with van der Waals surface area (Å²) < 4.78 is 8.94. The van der Waals surface area contributed by atoms with Crippen molar-refractivity contribution in [1.82, 2.24) is 13.6 Å². The van der Waals surface area contributed by atoms with Gasteiger partial charge in [-0.25, -0.2) is 0 Å². The Morgan fingerprint density at radius 3 is 3.13 bits per heavy atom. The minimum atomic E-state index is 0.682. The van der Waals surface area contributed by atoms with E-state index in [-0.39, 0.29) is 0 Å². The molecular formula is C11H17N3S. The quantitative estimate of drug-likeness (QED) is 0.767. The molecule has 2 bridgehead atoms. The molecule has 0 radical (unpaired) electrons. The first-order chi connectivity index (χ1) is 7.38. The summed E-state index contributed by atoms with van der Waals surface area (Å²) >= 11 is 1.39. The van der Waals surface area contributed by atoms with Crippen LogP contribution in [0.2, 0.25) is 0 Å². The van der Waals surface area contributed by atoms with Gasteiger partial charge >= 0.3 is 0 Å². The molecule has 3 heterocycles. The first kappa shape index (κ1) is 9.73. The highest BCUT2D eigenvalue weighted by atomic mass is 32.1. The van der Waals surface area contributed by atoms with E-state index in [0.717, 1.165) is 12.3 Å². The van der Waals surface area contributed by atoms with Crippen LogP contribution >= 0.6 is 11.7 Å². The topological polar surface area (TPSA) is 29.0 Å². The molecule has 0 saturated carbocycles. The Hall–Kier alpha value is -0.480. The van der Waals surface area contributed by atoms with Crippen LogP contribution in [-0.2, 0) is 6.42 Å². The monoisotopic (exact) mass is 223 g/mol. The number of fused-ring (bicyclic) bond motifs is 2. The Morgan fingerprint density at radius 1 is 1.40 bits per heavy atom. The lowest BCUT2D eigenvalue weighted by molar-refractivity contribution is 0.269. The van der Waals surface area contributed by atoms with Crippen molar-refractivity contribution in [3.8, 4) is 0 Å². The summed E-state index contributed by atoms with van der Waals surface area (Å²) in [7, 11) is 0. The molecular weight excluding hydrogens is 206 g/mol. The van der Waals surface area contributed by atoms with E-state index in [2.05, 4.69) is 20.6 Å².